The number of aliphatic carboxylic acids is 1. The fourth-order valence-electron chi connectivity index (χ4n) is 3.28. The second-order valence-electron chi connectivity index (χ2n) is 7.08. The lowest BCUT2D eigenvalue weighted by Gasteiger charge is -2.24. The van der Waals surface area contributed by atoms with Crippen molar-refractivity contribution in [1.82, 2.24) is 20.3 Å². The highest BCUT2D eigenvalue weighted by Crippen LogP contribution is 2.15. The molecule has 3 aromatic rings. The predicted octanol–water partition coefficient (Wildman–Crippen LogP) is 1.00. The van der Waals surface area contributed by atoms with Crippen LogP contribution in [0.15, 0.2) is 59.4 Å². The van der Waals surface area contributed by atoms with E-state index in [9.17, 15) is 19.5 Å². The summed E-state index contributed by atoms with van der Waals surface area (Å²) in [5.74, 6) is -1.99. The van der Waals surface area contributed by atoms with E-state index in [0.717, 1.165) is 16.7 Å². The van der Waals surface area contributed by atoms with Crippen LogP contribution in [0.4, 0.5) is 0 Å². The van der Waals surface area contributed by atoms with Crippen LogP contribution in [0.2, 0.25) is 0 Å². The highest BCUT2D eigenvalue weighted by molar-refractivity contribution is 5.86. The van der Waals surface area contributed by atoms with E-state index < -0.39 is 29.5 Å². The average Bonchev–Trinajstić information content (AvgIpc) is 2.75. The SMILES string of the molecule is CCCC[C@@H](C(=O)N[C@@H](Cc1ccccc1)C(=O)[O-])n1nnc2ccccc2c1=O. The highest BCUT2D eigenvalue weighted by atomic mass is 16.4. The normalized spacial score (nSPS) is 13.0. The minimum absolute atomic E-state index is 0.0771. The third-order valence-electron chi connectivity index (χ3n) is 4.90. The lowest BCUT2D eigenvalue weighted by Crippen LogP contribution is -2.51. The van der Waals surface area contributed by atoms with Gasteiger partial charge in [0, 0.05) is 0 Å². The van der Waals surface area contributed by atoms with Gasteiger partial charge in [-0.05, 0) is 30.5 Å². The first-order valence-electron chi connectivity index (χ1n) is 9.90. The minimum Gasteiger partial charge on any atom is -0.548 e. The molecule has 0 fully saturated rings. The van der Waals surface area contributed by atoms with E-state index in [1.54, 1.807) is 48.5 Å². The smallest absolute Gasteiger partial charge is 0.278 e. The van der Waals surface area contributed by atoms with Crippen molar-refractivity contribution < 1.29 is 14.7 Å². The van der Waals surface area contributed by atoms with Crippen molar-refractivity contribution >= 4 is 22.8 Å². The molecule has 0 saturated carbocycles. The Kier molecular flexibility index (Phi) is 6.90. The number of nitrogens with zero attached hydrogens (tertiary/aromatic N) is 3. The molecule has 0 spiro atoms. The first-order valence-corrected chi connectivity index (χ1v) is 9.90. The Labute approximate surface area is 173 Å². The summed E-state index contributed by atoms with van der Waals surface area (Å²) < 4.78 is 1.04. The number of carbonyl (C=O) groups is 2. The summed E-state index contributed by atoms with van der Waals surface area (Å²) in [5.41, 5.74) is 0.745. The van der Waals surface area contributed by atoms with Gasteiger partial charge in [0.15, 0.2) is 0 Å². The van der Waals surface area contributed by atoms with Crippen LogP contribution in [0.1, 0.15) is 37.8 Å². The molecule has 0 unspecified atom stereocenters. The number of amides is 1. The molecule has 8 nitrogen and oxygen atoms in total. The number of hydrogen-bond donors (Lipinski definition) is 1. The molecule has 0 aliphatic heterocycles. The van der Waals surface area contributed by atoms with Gasteiger partial charge >= 0.3 is 0 Å². The van der Waals surface area contributed by atoms with Crippen LogP contribution in [0.3, 0.4) is 0 Å². The van der Waals surface area contributed by atoms with E-state index in [2.05, 4.69) is 15.6 Å². The zero-order valence-electron chi connectivity index (χ0n) is 16.7. The number of benzene rings is 2. The van der Waals surface area contributed by atoms with Crippen LogP contribution in [-0.4, -0.2) is 32.9 Å². The molecule has 3 rings (SSSR count). The monoisotopic (exact) mass is 407 g/mol. The molecule has 30 heavy (non-hydrogen) atoms. The van der Waals surface area contributed by atoms with E-state index in [1.807, 2.05) is 13.0 Å². The summed E-state index contributed by atoms with van der Waals surface area (Å²) in [4.78, 5) is 37.5. The van der Waals surface area contributed by atoms with Crippen molar-refractivity contribution in [2.75, 3.05) is 0 Å². The minimum atomic E-state index is -1.39. The zero-order valence-corrected chi connectivity index (χ0v) is 16.7. The molecular formula is C22H23N4O4-. The van der Waals surface area contributed by atoms with Gasteiger partial charge in [-0.2, -0.15) is 4.68 Å². The molecule has 1 heterocycles. The van der Waals surface area contributed by atoms with E-state index in [1.165, 1.54) is 0 Å². The van der Waals surface area contributed by atoms with Crippen LogP contribution in [0.5, 0.6) is 0 Å². The maximum atomic E-state index is 13.0. The van der Waals surface area contributed by atoms with Crippen molar-refractivity contribution in [3.05, 3.63) is 70.5 Å². The number of hydrogen-bond acceptors (Lipinski definition) is 6. The van der Waals surface area contributed by atoms with Crippen LogP contribution in [-0.2, 0) is 16.0 Å². The molecule has 1 aromatic heterocycles. The summed E-state index contributed by atoms with van der Waals surface area (Å²) in [6.45, 7) is 1.96. The molecule has 156 valence electrons. The van der Waals surface area contributed by atoms with Gasteiger partial charge < -0.3 is 15.2 Å². The van der Waals surface area contributed by atoms with E-state index in [-0.39, 0.29) is 6.42 Å². The molecule has 0 bridgehead atoms. The fraction of sp³-hybridized carbons (Fsp3) is 0.318. The van der Waals surface area contributed by atoms with Gasteiger partial charge in [-0.15, -0.1) is 5.10 Å². The zero-order chi connectivity index (χ0) is 21.5. The Hall–Kier alpha value is -3.55. The predicted molar refractivity (Wildman–Crippen MR) is 109 cm³/mol. The third-order valence-corrected chi connectivity index (χ3v) is 4.90. The lowest BCUT2D eigenvalue weighted by molar-refractivity contribution is -0.308. The topological polar surface area (TPSA) is 117 Å². The maximum absolute atomic E-state index is 13.0. The molecule has 2 atom stereocenters. The van der Waals surface area contributed by atoms with E-state index in [4.69, 9.17) is 0 Å². The fourth-order valence-corrected chi connectivity index (χ4v) is 3.28. The van der Waals surface area contributed by atoms with Gasteiger partial charge in [-0.25, -0.2) is 0 Å². The molecule has 0 saturated heterocycles. The van der Waals surface area contributed by atoms with Crippen molar-refractivity contribution in [2.45, 2.75) is 44.7 Å². The summed E-state index contributed by atoms with van der Waals surface area (Å²) in [7, 11) is 0. The first kappa shape index (κ1) is 21.2. The number of carboxylic acids is 1. The lowest BCUT2D eigenvalue weighted by atomic mass is 10.0. The molecule has 0 aliphatic carbocycles. The Morgan fingerprint density at radius 2 is 1.80 bits per heavy atom. The van der Waals surface area contributed by atoms with Gasteiger partial charge in [-0.3, -0.25) is 9.59 Å². The quantitative estimate of drug-likeness (QED) is 0.566. The number of fused-ring (bicyclic) bond motifs is 1. The Morgan fingerprint density at radius 1 is 1.10 bits per heavy atom. The Balaban J connectivity index is 1.89. The second-order valence-corrected chi connectivity index (χ2v) is 7.08. The molecule has 0 aliphatic rings. The molecule has 8 heteroatoms. The van der Waals surface area contributed by atoms with Crippen LogP contribution >= 0.6 is 0 Å². The molecule has 2 aromatic carbocycles. The van der Waals surface area contributed by atoms with Crippen LogP contribution < -0.4 is 16.0 Å². The number of carboxylic acid groups (broad SMARTS) is 1. The Morgan fingerprint density at radius 3 is 2.50 bits per heavy atom. The number of unbranched alkanes of at least 4 members (excludes halogenated alkanes) is 1. The van der Waals surface area contributed by atoms with Gasteiger partial charge in [0.05, 0.1) is 17.4 Å². The average molecular weight is 407 g/mol. The van der Waals surface area contributed by atoms with E-state index in [0.29, 0.717) is 23.7 Å². The standard InChI is InChI=1S/C22H24N4O4/c1-2-3-13-19(26-21(28)16-11-7-8-12-17(16)24-25-26)20(27)23-18(22(29)30)14-15-9-5-4-6-10-15/h4-12,18-19H,2-3,13-14H2,1H3,(H,23,27)(H,29,30)/p-1/t18-,19-/m0/s1. The first-order chi connectivity index (χ1) is 14.5. The Bertz CT molecular complexity index is 1080. The number of nitrogens with one attached hydrogen (secondary N) is 1. The van der Waals surface area contributed by atoms with E-state index >= 15 is 0 Å². The molecule has 1 N–H and O–H groups in total. The maximum Gasteiger partial charge on any atom is 0.278 e. The van der Waals surface area contributed by atoms with Crippen molar-refractivity contribution in [2.24, 2.45) is 0 Å². The summed E-state index contributed by atoms with van der Waals surface area (Å²) >= 11 is 0. The number of carbonyl (C=O) groups excluding carboxylic acids is 2. The number of rotatable bonds is 9. The summed E-state index contributed by atoms with van der Waals surface area (Å²) in [6.07, 6.45) is 1.87. The van der Waals surface area contributed by atoms with Gasteiger partial charge in [-0.1, -0.05) is 67.4 Å². The van der Waals surface area contributed by atoms with Gasteiger partial charge in [0.1, 0.15) is 11.6 Å². The second kappa shape index (κ2) is 9.78. The van der Waals surface area contributed by atoms with Crippen molar-refractivity contribution in [1.29, 1.82) is 0 Å². The summed E-state index contributed by atoms with van der Waals surface area (Å²) in [5, 5.41) is 22.5. The molecule has 1 amide bonds. The largest absolute Gasteiger partial charge is 0.548 e. The summed E-state index contributed by atoms with van der Waals surface area (Å²) in [6, 6.07) is 13.5. The van der Waals surface area contributed by atoms with Crippen molar-refractivity contribution in [3.8, 4) is 0 Å². The van der Waals surface area contributed by atoms with Crippen LogP contribution in [0.25, 0.3) is 10.9 Å². The molecule has 0 radical (unpaired) electrons. The number of aromatic nitrogens is 3. The van der Waals surface area contributed by atoms with Gasteiger partial charge in [0.25, 0.3) is 5.56 Å². The highest BCUT2D eigenvalue weighted by Gasteiger charge is 2.26. The van der Waals surface area contributed by atoms with Gasteiger partial charge in [0.2, 0.25) is 5.91 Å². The van der Waals surface area contributed by atoms with Crippen molar-refractivity contribution in [3.63, 3.8) is 0 Å². The molecular weight excluding hydrogens is 384 g/mol. The van der Waals surface area contributed by atoms with Crippen LogP contribution in [0, 0.1) is 0 Å². The third kappa shape index (κ3) is 4.89.